The second-order valence-corrected chi connectivity index (χ2v) is 9.45. The largest absolute Gasteiger partial charge is 0.416 e. The standard InChI is InChI=1S/C30H25F4N3O/c1-18-4-2-6-26(28(18)19-8-11-22(12-9-19)30(32,33)34)29(38)37-23-13-10-20-14-25(16-21(20)15-23)35-17-24-5-3-7-27(31)36-24/h2-13,15,25,35H,14,16-17H2,1H3,(H,37,38)/t25-/m1/s1. The third-order valence-electron chi connectivity index (χ3n) is 6.76. The van der Waals surface area contributed by atoms with Crippen molar-refractivity contribution < 1.29 is 22.4 Å². The highest BCUT2D eigenvalue weighted by molar-refractivity contribution is 6.09. The molecule has 0 radical (unpaired) electrons. The van der Waals surface area contributed by atoms with E-state index in [9.17, 15) is 22.4 Å². The molecule has 0 fully saturated rings. The van der Waals surface area contributed by atoms with Crippen molar-refractivity contribution in [3.8, 4) is 11.1 Å². The maximum absolute atomic E-state index is 13.3. The number of benzene rings is 3. The van der Waals surface area contributed by atoms with Crippen LogP contribution in [0.1, 0.15) is 38.3 Å². The van der Waals surface area contributed by atoms with Gasteiger partial charge in [-0.15, -0.1) is 0 Å². The second kappa shape index (κ2) is 10.4. The number of carbonyl (C=O) groups is 1. The summed E-state index contributed by atoms with van der Waals surface area (Å²) in [7, 11) is 0. The number of nitrogens with zero attached hydrogens (tertiary/aromatic N) is 1. The van der Waals surface area contributed by atoms with Crippen molar-refractivity contribution in [3.05, 3.63) is 118 Å². The molecule has 3 aromatic carbocycles. The molecule has 0 saturated heterocycles. The summed E-state index contributed by atoms with van der Waals surface area (Å²) in [6, 6.07) is 20.8. The molecule has 0 saturated carbocycles. The number of amides is 1. The fourth-order valence-corrected chi connectivity index (χ4v) is 4.90. The Morgan fingerprint density at radius 3 is 2.42 bits per heavy atom. The molecule has 1 aromatic heterocycles. The van der Waals surface area contributed by atoms with Gasteiger partial charge in [0, 0.05) is 23.8 Å². The summed E-state index contributed by atoms with van der Waals surface area (Å²) in [5, 5.41) is 6.37. The van der Waals surface area contributed by atoms with Gasteiger partial charge in [0.15, 0.2) is 0 Å². The molecule has 1 aliphatic carbocycles. The highest BCUT2D eigenvalue weighted by Crippen LogP contribution is 2.34. The lowest BCUT2D eigenvalue weighted by Crippen LogP contribution is -2.29. The Hall–Kier alpha value is -4.04. The Bertz CT molecular complexity index is 1480. The lowest BCUT2D eigenvalue weighted by atomic mass is 9.93. The summed E-state index contributed by atoms with van der Waals surface area (Å²) >= 11 is 0. The van der Waals surface area contributed by atoms with Crippen molar-refractivity contribution in [2.75, 3.05) is 5.32 Å². The maximum atomic E-state index is 13.3. The van der Waals surface area contributed by atoms with Crippen molar-refractivity contribution in [3.63, 3.8) is 0 Å². The quantitative estimate of drug-likeness (QED) is 0.220. The molecule has 8 heteroatoms. The number of rotatable bonds is 6. The molecular weight excluding hydrogens is 494 g/mol. The SMILES string of the molecule is Cc1cccc(C(=O)Nc2ccc3c(c2)C[C@H](NCc2cccc(F)n2)C3)c1-c1ccc(C(F)(F)F)cc1. The number of hydrogen-bond acceptors (Lipinski definition) is 3. The molecule has 5 rings (SSSR count). The van der Waals surface area contributed by atoms with Gasteiger partial charge >= 0.3 is 6.18 Å². The number of aryl methyl sites for hydroxylation is 1. The van der Waals surface area contributed by atoms with E-state index in [-0.39, 0.29) is 11.9 Å². The van der Waals surface area contributed by atoms with Gasteiger partial charge in [-0.3, -0.25) is 4.79 Å². The predicted octanol–water partition coefficient (Wildman–Crippen LogP) is 6.72. The van der Waals surface area contributed by atoms with E-state index in [1.54, 1.807) is 24.3 Å². The van der Waals surface area contributed by atoms with E-state index in [4.69, 9.17) is 0 Å². The third-order valence-corrected chi connectivity index (χ3v) is 6.76. The number of hydrogen-bond donors (Lipinski definition) is 2. The monoisotopic (exact) mass is 519 g/mol. The minimum Gasteiger partial charge on any atom is -0.322 e. The van der Waals surface area contributed by atoms with Crippen LogP contribution in [0.2, 0.25) is 0 Å². The van der Waals surface area contributed by atoms with Gasteiger partial charge in [-0.25, -0.2) is 4.98 Å². The van der Waals surface area contributed by atoms with Crippen LogP contribution in [0.25, 0.3) is 11.1 Å². The summed E-state index contributed by atoms with van der Waals surface area (Å²) < 4.78 is 52.4. The molecule has 0 unspecified atom stereocenters. The van der Waals surface area contributed by atoms with Crippen LogP contribution in [0.4, 0.5) is 23.2 Å². The highest BCUT2D eigenvalue weighted by atomic mass is 19.4. The van der Waals surface area contributed by atoms with Gasteiger partial charge in [-0.1, -0.05) is 36.4 Å². The van der Waals surface area contributed by atoms with Crippen LogP contribution in [-0.2, 0) is 25.6 Å². The molecule has 2 N–H and O–H groups in total. The zero-order valence-corrected chi connectivity index (χ0v) is 20.6. The lowest BCUT2D eigenvalue weighted by molar-refractivity contribution is -0.137. The molecule has 1 atom stereocenters. The highest BCUT2D eigenvalue weighted by Gasteiger charge is 2.30. The Morgan fingerprint density at radius 1 is 0.947 bits per heavy atom. The Morgan fingerprint density at radius 2 is 1.68 bits per heavy atom. The van der Waals surface area contributed by atoms with Crippen molar-refractivity contribution in [2.24, 2.45) is 0 Å². The molecule has 194 valence electrons. The van der Waals surface area contributed by atoms with E-state index in [1.165, 1.54) is 23.8 Å². The van der Waals surface area contributed by atoms with E-state index < -0.39 is 17.7 Å². The Kier molecular flexibility index (Phi) is 6.99. The zero-order chi connectivity index (χ0) is 26.9. The average Bonchev–Trinajstić information content (AvgIpc) is 3.29. The van der Waals surface area contributed by atoms with Gasteiger partial charge in [-0.2, -0.15) is 17.6 Å². The van der Waals surface area contributed by atoms with Gasteiger partial charge in [0.25, 0.3) is 5.91 Å². The number of alkyl halides is 3. The molecule has 0 aliphatic heterocycles. The van der Waals surface area contributed by atoms with Crippen LogP contribution in [-0.4, -0.2) is 16.9 Å². The first-order chi connectivity index (χ1) is 18.2. The van der Waals surface area contributed by atoms with Crippen molar-refractivity contribution in [1.29, 1.82) is 0 Å². The van der Waals surface area contributed by atoms with Gasteiger partial charge in [0.05, 0.1) is 11.3 Å². The van der Waals surface area contributed by atoms with E-state index in [2.05, 4.69) is 15.6 Å². The molecule has 1 amide bonds. The van der Waals surface area contributed by atoms with E-state index >= 15 is 0 Å². The number of fused-ring (bicyclic) bond motifs is 1. The Labute approximate surface area is 217 Å². The summed E-state index contributed by atoms with van der Waals surface area (Å²) in [4.78, 5) is 17.2. The predicted molar refractivity (Wildman–Crippen MR) is 138 cm³/mol. The first-order valence-electron chi connectivity index (χ1n) is 12.2. The van der Waals surface area contributed by atoms with Gasteiger partial charge in [0.2, 0.25) is 5.95 Å². The van der Waals surface area contributed by atoms with Crippen LogP contribution in [0.15, 0.2) is 78.9 Å². The number of pyridine rings is 1. The van der Waals surface area contributed by atoms with Crippen LogP contribution < -0.4 is 10.6 Å². The molecule has 0 bridgehead atoms. The molecule has 4 nitrogen and oxygen atoms in total. The third kappa shape index (κ3) is 5.60. The van der Waals surface area contributed by atoms with Crippen molar-refractivity contribution in [2.45, 2.75) is 38.5 Å². The molecule has 1 aliphatic rings. The number of nitrogens with one attached hydrogen (secondary N) is 2. The van der Waals surface area contributed by atoms with Gasteiger partial charge in [-0.05, 0) is 90.0 Å². The zero-order valence-electron chi connectivity index (χ0n) is 20.6. The first-order valence-corrected chi connectivity index (χ1v) is 12.2. The summed E-state index contributed by atoms with van der Waals surface area (Å²) in [6.07, 6.45) is -2.85. The fraction of sp³-hybridized carbons (Fsp3) is 0.200. The van der Waals surface area contributed by atoms with Crippen molar-refractivity contribution >= 4 is 11.6 Å². The first kappa shape index (κ1) is 25.6. The van der Waals surface area contributed by atoms with E-state index in [0.29, 0.717) is 34.6 Å². The molecule has 38 heavy (non-hydrogen) atoms. The van der Waals surface area contributed by atoms with Crippen LogP contribution in [0, 0.1) is 12.9 Å². The van der Waals surface area contributed by atoms with Gasteiger partial charge < -0.3 is 10.6 Å². The van der Waals surface area contributed by atoms with E-state index in [0.717, 1.165) is 36.1 Å². The minimum atomic E-state index is -4.43. The molecular formula is C30H25F4N3O. The van der Waals surface area contributed by atoms with Gasteiger partial charge in [0.1, 0.15) is 0 Å². The lowest BCUT2D eigenvalue weighted by Gasteiger charge is -2.15. The topological polar surface area (TPSA) is 54.0 Å². The Balaban J connectivity index is 1.30. The number of anilines is 1. The number of carbonyl (C=O) groups excluding carboxylic acids is 1. The molecule has 1 heterocycles. The van der Waals surface area contributed by atoms with Crippen LogP contribution in [0.5, 0.6) is 0 Å². The maximum Gasteiger partial charge on any atom is 0.416 e. The summed E-state index contributed by atoms with van der Waals surface area (Å²) in [6.45, 7) is 2.28. The van der Waals surface area contributed by atoms with Crippen molar-refractivity contribution in [1.82, 2.24) is 10.3 Å². The second-order valence-electron chi connectivity index (χ2n) is 9.45. The van der Waals surface area contributed by atoms with Crippen LogP contribution in [0.3, 0.4) is 0 Å². The molecule has 0 spiro atoms. The average molecular weight is 520 g/mol. The molecule has 4 aromatic rings. The normalized spacial score (nSPS) is 14.8. The fourth-order valence-electron chi connectivity index (χ4n) is 4.90. The minimum absolute atomic E-state index is 0.170. The summed E-state index contributed by atoms with van der Waals surface area (Å²) in [5.74, 6) is -0.845. The summed E-state index contributed by atoms with van der Waals surface area (Å²) in [5.41, 5.74) is 5.12. The number of aromatic nitrogens is 1. The smallest absolute Gasteiger partial charge is 0.322 e. The van der Waals surface area contributed by atoms with E-state index in [1.807, 2.05) is 31.2 Å². The number of halogens is 4. The van der Waals surface area contributed by atoms with Crippen LogP contribution >= 0.6 is 0 Å².